The summed E-state index contributed by atoms with van der Waals surface area (Å²) in [5.74, 6) is -0.324. The van der Waals surface area contributed by atoms with Crippen LogP contribution >= 0.6 is 0 Å². The molecule has 0 aliphatic rings. The summed E-state index contributed by atoms with van der Waals surface area (Å²) < 4.78 is 6.75. The Kier molecular flexibility index (Phi) is 4.93. The lowest BCUT2D eigenvalue weighted by molar-refractivity contribution is 0.0505. The average molecular weight is 285 g/mol. The fourth-order valence-corrected chi connectivity index (χ4v) is 2.05. The molecule has 0 atom stereocenters. The van der Waals surface area contributed by atoms with E-state index < -0.39 is 0 Å². The maximum absolute atomic E-state index is 12.0. The minimum Gasteiger partial charge on any atom is -0.462 e. The minimum absolute atomic E-state index is 0.0172. The van der Waals surface area contributed by atoms with Crippen molar-refractivity contribution in [3.8, 4) is 0 Å². The summed E-state index contributed by atoms with van der Waals surface area (Å²) in [6, 6.07) is 10.8. The molecule has 2 rings (SSSR count). The summed E-state index contributed by atoms with van der Waals surface area (Å²) in [5.41, 5.74) is 2.10. The van der Waals surface area contributed by atoms with Crippen LogP contribution in [0.15, 0.2) is 47.4 Å². The van der Waals surface area contributed by atoms with Gasteiger partial charge in [-0.2, -0.15) is 0 Å². The van der Waals surface area contributed by atoms with Gasteiger partial charge in [0.15, 0.2) is 0 Å². The Labute approximate surface area is 124 Å². The molecular weight excluding hydrogens is 266 g/mol. The fourth-order valence-electron chi connectivity index (χ4n) is 2.05. The van der Waals surface area contributed by atoms with Gasteiger partial charge in [0.1, 0.15) is 0 Å². The summed E-state index contributed by atoms with van der Waals surface area (Å²) >= 11 is 0. The van der Waals surface area contributed by atoms with Gasteiger partial charge in [0.05, 0.1) is 18.7 Å². The van der Waals surface area contributed by atoms with Gasteiger partial charge in [-0.05, 0) is 37.1 Å². The summed E-state index contributed by atoms with van der Waals surface area (Å²) in [4.78, 5) is 23.8. The van der Waals surface area contributed by atoms with Crippen LogP contribution in [0.2, 0.25) is 0 Å². The summed E-state index contributed by atoms with van der Waals surface area (Å²) in [5, 5.41) is 0. The van der Waals surface area contributed by atoms with E-state index >= 15 is 0 Å². The maximum Gasteiger partial charge on any atom is 0.338 e. The van der Waals surface area contributed by atoms with Crippen LogP contribution in [0.5, 0.6) is 0 Å². The fraction of sp³-hybridized carbons (Fsp3) is 0.294. The molecule has 0 spiro atoms. The number of nitrogens with zero attached hydrogens (tertiary/aromatic N) is 1. The van der Waals surface area contributed by atoms with Gasteiger partial charge in [-0.3, -0.25) is 4.79 Å². The molecule has 0 bridgehead atoms. The Balaban J connectivity index is 2.20. The van der Waals surface area contributed by atoms with Crippen molar-refractivity contribution in [1.29, 1.82) is 0 Å². The summed E-state index contributed by atoms with van der Waals surface area (Å²) in [6.45, 7) is 4.60. The Morgan fingerprint density at radius 3 is 2.81 bits per heavy atom. The molecule has 4 nitrogen and oxygen atoms in total. The van der Waals surface area contributed by atoms with E-state index in [1.54, 1.807) is 42.0 Å². The molecule has 4 heteroatoms. The highest BCUT2D eigenvalue weighted by molar-refractivity contribution is 5.89. The third-order valence-electron chi connectivity index (χ3n) is 3.16. The van der Waals surface area contributed by atoms with Gasteiger partial charge in [0.2, 0.25) is 0 Å². The van der Waals surface area contributed by atoms with Gasteiger partial charge in [-0.15, -0.1) is 0 Å². The number of benzene rings is 1. The van der Waals surface area contributed by atoms with E-state index in [1.165, 1.54) is 0 Å². The SMILES string of the molecule is CCCOC(=O)c1cccc(Cn2cccc(C)c2=O)c1. The van der Waals surface area contributed by atoms with Crippen molar-refractivity contribution in [2.24, 2.45) is 0 Å². The normalized spacial score (nSPS) is 10.4. The van der Waals surface area contributed by atoms with Crippen LogP contribution in [-0.2, 0) is 11.3 Å². The van der Waals surface area contributed by atoms with Gasteiger partial charge < -0.3 is 9.30 Å². The van der Waals surface area contributed by atoms with E-state index in [1.807, 2.05) is 19.1 Å². The lowest BCUT2D eigenvalue weighted by atomic mass is 10.1. The van der Waals surface area contributed by atoms with Crippen molar-refractivity contribution in [2.45, 2.75) is 26.8 Å². The largest absolute Gasteiger partial charge is 0.462 e. The Morgan fingerprint density at radius 1 is 1.24 bits per heavy atom. The van der Waals surface area contributed by atoms with Crippen molar-refractivity contribution in [3.05, 3.63) is 69.6 Å². The van der Waals surface area contributed by atoms with Gasteiger partial charge in [0.25, 0.3) is 5.56 Å². The van der Waals surface area contributed by atoms with Crippen molar-refractivity contribution < 1.29 is 9.53 Å². The minimum atomic E-state index is -0.324. The molecule has 0 aliphatic heterocycles. The second-order valence-corrected chi connectivity index (χ2v) is 4.96. The molecule has 0 saturated heterocycles. The van der Waals surface area contributed by atoms with E-state index in [-0.39, 0.29) is 11.5 Å². The molecule has 0 amide bonds. The Hall–Kier alpha value is -2.36. The number of carbonyl (C=O) groups excluding carboxylic acids is 1. The van der Waals surface area contributed by atoms with Crippen LogP contribution in [-0.4, -0.2) is 17.1 Å². The molecule has 0 radical (unpaired) electrons. The Morgan fingerprint density at radius 2 is 2.05 bits per heavy atom. The first-order chi connectivity index (χ1) is 10.1. The molecule has 0 aliphatic carbocycles. The molecule has 0 N–H and O–H groups in total. The van der Waals surface area contributed by atoms with Crippen LogP contribution in [0.1, 0.15) is 34.8 Å². The molecule has 1 aromatic heterocycles. The third kappa shape index (κ3) is 3.81. The second kappa shape index (κ2) is 6.88. The van der Waals surface area contributed by atoms with E-state index in [0.29, 0.717) is 24.3 Å². The Bertz CT molecular complexity index is 688. The number of aryl methyl sites for hydroxylation is 1. The monoisotopic (exact) mass is 285 g/mol. The van der Waals surface area contributed by atoms with E-state index in [4.69, 9.17) is 4.74 Å². The topological polar surface area (TPSA) is 48.3 Å². The van der Waals surface area contributed by atoms with Crippen molar-refractivity contribution in [2.75, 3.05) is 6.61 Å². The second-order valence-electron chi connectivity index (χ2n) is 4.96. The predicted octanol–water partition coefficient (Wildman–Crippen LogP) is 2.77. The molecule has 0 saturated carbocycles. The van der Waals surface area contributed by atoms with E-state index in [9.17, 15) is 9.59 Å². The number of hydrogen-bond acceptors (Lipinski definition) is 3. The molecule has 110 valence electrons. The number of ether oxygens (including phenoxy) is 1. The van der Waals surface area contributed by atoms with Gasteiger partial charge in [-0.25, -0.2) is 4.79 Å². The lowest BCUT2D eigenvalue weighted by Crippen LogP contribution is -2.21. The molecule has 21 heavy (non-hydrogen) atoms. The van der Waals surface area contributed by atoms with Gasteiger partial charge in [-0.1, -0.05) is 25.1 Å². The van der Waals surface area contributed by atoms with Gasteiger partial charge >= 0.3 is 5.97 Å². The van der Waals surface area contributed by atoms with E-state index in [0.717, 1.165) is 12.0 Å². The van der Waals surface area contributed by atoms with Crippen molar-refractivity contribution in [3.63, 3.8) is 0 Å². The standard InChI is InChI=1S/C17H19NO3/c1-3-10-21-17(20)15-8-4-7-14(11-15)12-18-9-5-6-13(2)16(18)19/h4-9,11H,3,10,12H2,1-2H3. The van der Waals surface area contributed by atoms with Crippen LogP contribution in [0, 0.1) is 6.92 Å². The molecule has 0 fully saturated rings. The number of carbonyl (C=O) groups is 1. The highest BCUT2D eigenvalue weighted by atomic mass is 16.5. The smallest absolute Gasteiger partial charge is 0.338 e. The zero-order chi connectivity index (χ0) is 15.2. The zero-order valence-corrected chi connectivity index (χ0v) is 12.3. The number of pyridine rings is 1. The zero-order valence-electron chi connectivity index (χ0n) is 12.3. The van der Waals surface area contributed by atoms with Crippen molar-refractivity contribution in [1.82, 2.24) is 4.57 Å². The van der Waals surface area contributed by atoms with Crippen LogP contribution < -0.4 is 5.56 Å². The first kappa shape index (κ1) is 15.0. The van der Waals surface area contributed by atoms with Crippen LogP contribution in [0.25, 0.3) is 0 Å². The van der Waals surface area contributed by atoms with Gasteiger partial charge in [0, 0.05) is 11.8 Å². The predicted molar refractivity (Wildman–Crippen MR) is 81.6 cm³/mol. The number of hydrogen-bond donors (Lipinski definition) is 0. The first-order valence-electron chi connectivity index (χ1n) is 7.04. The quantitative estimate of drug-likeness (QED) is 0.794. The maximum atomic E-state index is 12.0. The molecule has 1 aromatic carbocycles. The average Bonchev–Trinajstić information content (AvgIpc) is 2.50. The molecule has 0 unspecified atom stereocenters. The summed E-state index contributed by atoms with van der Waals surface area (Å²) in [6.07, 6.45) is 2.54. The number of esters is 1. The van der Waals surface area contributed by atoms with Crippen molar-refractivity contribution >= 4 is 5.97 Å². The van der Waals surface area contributed by atoms with E-state index in [2.05, 4.69) is 0 Å². The number of rotatable bonds is 5. The lowest BCUT2D eigenvalue weighted by Gasteiger charge is -2.08. The van der Waals surface area contributed by atoms with Crippen LogP contribution in [0.3, 0.4) is 0 Å². The third-order valence-corrected chi connectivity index (χ3v) is 3.16. The molecule has 1 heterocycles. The van der Waals surface area contributed by atoms with Crippen LogP contribution in [0.4, 0.5) is 0 Å². The highest BCUT2D eigenvalue weighted by Crippen LogP contribution is 2.08. The highest BCUT2D eigenvalue weighted by Gasteiger charge is 2.08. The summed E-state index contributed by atoms with van der Waals surface area (Å²) in [7, 11) is 0. The number of aromatic nitrogens is 1. The first-order valence-corrected chi connectivity index (χ1v) is 7.04. The molecular formula is C17H19NO3. The molecule has 2 aromatic rings.